The highest BCUT2D eigenvalue weighted by atomic mass is 32.1. The Morgan fingerprint density at radius 3 is 2.39 bits per heavy atom. The van der Waals surface area contributed by atoms with Crippen molar-refractivity contribution in [3.05, 3.63) is 45.6 Å². The lowest BCUT2D eigenvalue weighted by molar-refractivity contribution is 0.921. The van der Waals surface area contributed by atoms with Crippen LogP contribution >= 0.6 is 12.2 Å². The van der Waals surface area contributed by atoms with Crippen LogP contribution in [0.25, 0.3) is 11.3 Å². The van der Waals surface area contributed by atoms with Crippen LogP contribution in [-0.2, 0) is 6.42 Å². The molecular formula is C15H18N2S. The van der Waals surface area contributed by atoms with Gasteiger partial charge in [-0.3, -0.25) is 5.10 Å². The van der Waals surface area contributed by atoms with Gasteiger partial charge in [0, 0.05) is 5.56 Å². The van der Waals surface area contributed by atoms with Gasteiger partial charge in [0.1, 0.15) is 4.64 Å². The van der Waals surface area contributed by atoms with Gasteiger partial charge in [-0.2, -0.15) is 5.10 Å². The molecule has 2 aromatic rings. The van der Waals surface area contributed by atoms with Gasteiger partial charge in [0.05, 0.1) is 5.69 Å². The minimum absolute atomic E-state index is 0.721. The number of aryl methyl sites for hydroxylation is 1. The molecule has 2 nitrogen and oxygen atoms in total. The highest BCUT2D eigenvalue weighted by molar-refractivity contribution is 7.71. The van der Waals surface area contributed by atoms with Gasteiger partial charge in [-0.05, 0) is 37.0 Å². The average Bonchev–Trinajstić information content (AvgIpc) is 2.38. The minimum Gasteiger partial charge on any atom is -0.267 e. The van der Waals surface area contributed by atoms with E-state index in [9.17, 15) is 0 Å². The molecule has 3 heteroatoms. The summed E-state index contributed by atoms with van der Waals surface area (Å²) in [5.41, 5.74) is 5.76. The molecule has 0 fully saturated rings. The summed E-state index contributed by atoms with van der Waals surface area (Å²) in [7, 11) is 0. The Hall–Kier alpha value is -1.48. The second-order valence-corrected chi connectivity index (χ2v) is 5.01. The fourth-order valence-electron chi connectivity index (χ4n) is 2.02. The maximum atomic E-state index is 5.19. The van der Waals surface area contributed by atoms with Gasteiger partial charge in [-0.25, -0.2) is 0 Å². The van der Waals surface area contributed by atoms with E-state index in [4.69, 9.17) is 12.2 Å². The molecular weight excluding hydrogens is 240 g/mol. The second kappa shape index (κ2) is 5.44. The highest BCUT2D eigenvalue weighted by Crippen LogP contribution is 2.23. The number of hydrogen-bond acceptors (Lipinski definition) is 2. The molecule has 18 heavy (non-hydrogen) atoms. The van der Waals surface area contributed by atoms with Crippen LogP contribution in [0.5, 0.6) is 0 Å². The number of nitrogens with one attached hydrogen (secondary N) is 1. The van der Waals surface area contributed by atoms with Crippen molar-refractivity contribution in [2.75, 3.05) is 0 Å². The van der Waals surface area contributed by atoms with E-state index in [1.165, 1.54) is 12.0 Å². The molecule has 0 amide bonds. The van der Waals surface area contributed by atoms with E-state index < -0.39 is 0 Å². The summed E-state index contributed by atoms with van der Waals surface area (Å²) in [5, 5.41) is 7.27. The summed E-state index contributed by atoms with van der Waals surface area (Å²) in [5.74, 6) is 0. The van der Waals surface area contributed by atoms with Crippen molar-refractivity contribution in [3.8, 4) is 11.3 Å². The predicted octanol–water partition coefficient (Wildman–Crippen LogP) is 4.38. The highest BCUT2D eigenvalue weighted by Gasteiger charge is 2.07. The Balaban J connectivity index is 2.43. The number of H-pyrrole nitrogens is 1. The molecule has 0 radical (unpaired) electrons. The van der Waals surface area contributed by atoms with Gasteiger partial charge >= 0.3 is 0 Å². The van der Waals surface area contributed by atoms with E-state index in [0.717, 1.165) is 33.4 Å². The SMILES string of the molecule is CCCc1ccc(-c2n[nH]c(=S)c(C)c2C)cc1. The van der Waals surface area contributed by atoms with Gasteiger partial charge in [0.15, 0.2) is 0 Å². The first kappa shape index (κ1) is 13.0. The van der Waals surface area contributed by atoms with E-state index in [0.29, 0.717) is 0 Å². The summed E-state index contributed by atoms with van der Waals surface area (Å²) in [4.78, 5) is 0. The van der Waals surface area contributed by atoms with Gasteiger partial charge in [-0.15, -0.1) is 0 Å². The van der Waals surface area contributed by atoms with Gasteiger partial charge < -0.3 is 0 Å². The van der Waals surface area contributed by atoms with Crippen LogP contribution in [0, 0.1) is 18.5 Å². The van der Waals surface area contributed by atoms with Crippen LogP contribution in [0.4, 0.5) is 0 Å². The Kier molecular flexibility index (Phi) is 3.92. The lowest BCUT2D eigenvalue weighted by atomic mass is 10.0. The fraction of sp³-hybridized carbons (Fsp3) is 0.333. The topological polar surface area (TPSA) is 28.7 Å². The number of benzene rings is 1. The molecule has 0 aliphatic carbocycles. The third kappa shape index (κ3) is 2.51. The monoisotopic (exact) mass is 258 g/mol. The first-order valence-electron chi connectivity index (χ1n) is 6.28. The third-order valence-electron chi connectivity index (χ3n) is 3.29. The van der Waals surface area contributed by atoms with Crippen LogP contribution in [0.1, 0.15) is 30.0 Å². The summed E-state index contributed by atoms with van der Waals surface area (Å²) < 4.78 is 0.721. The number of aromatic nitrogens is 2. The van der Waals surface area contributed by atoms with Crippen molar-refractivity contribution in [1.82, 2.24) is 10.2 Å². The Labute approximate surface area is 113 Å². The van der Waals surface area contributed by atoms with Crippen molar-refractivity contribution >= 4 is 12.2 Å². The molecule has 94 valence electrons. The minimum atomic E-state index is 0.721. The zero-order chi connectivity index (χ0) is 13.1. The standard InChI is InChI=1S/C15H18N2S/c1-4-5-12-6-8-13(9-7-12)14-10(2)11(3)15(18)17-16-14/h6-9H,4-5H2,1-3H3,(H,17,18). The zero-order valence-electron chi connectivity index (χ0n) is 11.1. The van der Waals surface area contributed by atoms with Crippen molar-refractivity contribution in [1.29, 1.82) is 0 Å². The summed E-state index contributed by atoms with van der Waals surface area (Å²) >= 11 is 5.19. The zero-order valence-corrected chi connectivity index (χ0v) is 11.9. The Bertz CT molecular complexity index is 597. The molecule has 2 rings (SSSR count). The van der Waals surface area contributed by atoms with Crippen LogP contribution in [0.15, 0.2) is 24.3 Å². The summed E-state index contributed by atoms with van der Waals surface area (Å²) in [6.07, 6.45) is 2.30. The predicted molar refractivity (Wildman–Crippen MR) is 78.3 cm³/mol. The van der Waals surface area contributed by atoms with E-state index in [1.54, 1.807) is 0 Å². The molecule has 0 unspecified atom stereocenters. The molecule has 0 saturated heterocycles. The van der Waals surface area contributed by atoms with Crippen LogP contribution < -0.4 is 0 Å². The molecule has 0 aliphatic heterocycles. The number of nitrogens with zero attached hydrogens (tertiary/aromatic N) is 1. The van der Waals surface area contributed by atoms with Crippen LogP contribution in [0.3, 0.4) is 0 Å². The maximum Gasteiger partial charge on any atom is 0.122 e. The van der Waals surface area contributed by atoms with Crippen molar-refractivity contribution in [2.45, 2.75) is 33.6 Å². The van der Waals surface area contributed by atoms with E-state index >= 15 is 0 Å². The lowest BCUT2D eigenvalue weighted by Gasteiger charge is -2.08. The lowest BCUT2D eigenvalue weighted by Crippen LogP contribution is -1.96. The molecule has 1 N–H and O–H groups in total. The van der Waals surface area contributed by atoms with Crippen molar-refractivity contribution in [3.63, 3.8) is 0 Å². The fourth-order valence-corrected chi connectivity index (χ4v) is 2.22. The largest absolute Gasteiger partial charge is 0.267 e. The molecule has 0 aliphatic rings. The third-order valence-corrected chi connectivity index (χ3v) is 3.69. The van der Waals surface area contributed by atoms with E-state index in [1.807, 2.05) is 6.92 Å². The number of rotatable bonds is 3. The van der Waals surface area contributed by atoms with Crippen LogP contribution in [0.2, 0.25) is 0 Å². The number of aromatic amines is 1. The summed E-state index contributed by atoms with van der Waals surface area (Å²) in [6.45, 7) is 6.30. The quantitative estimate of drug-likeness (QED) is 0.828. The smallest absolute Gasteiger partial charge is 0.122 e. The van der Waals surface area contributed by atoms with Gasteiger partial charge in [-0.1, -0.05) is 49.8 Å². The normalized spacial score (nSPS) is 10.6. The summed E-state index contributed by atoms with van der Waals surface area (Å²) in [6, 6.07) is 8.63. The first-order chi connectivity index (χ1) is 8.63. The molecule has 1 aromatic carbocycles. The molecule has 1 aromatic heterocycles. The maximum absolute atomic E-state index is 5.19. The van der Waals surface area contributed by atoms with E-state index in [-0.39, 0.29) is 0 Å². The van der Waals surface area contributed by atoms with Gasteiger partial charge in [0.2, 0.25) is 0 Å². The van der Waals surface area contributed by atoms with Crippen LogP contribution in [-0.4, -0.2) is 10.2 Å². The second-order valence-electron chi connectivity index (χ2n) is 4.60. The van der Waals surface area contributed by atoms with Gasteiger partial charge in [0.25, 0.3) is 0 Å². The van der Waals surface area contributed by atoms with E-state index in [2.05, 4.69) is 48.3 Å². The first-order valence-corrected chi connectivity index (χ1v) is 6.69. The van der Waals surface area contributed by atoms with Crippen molar-refractivity contribution < 1.29 is 0 Å². The Morgan fingerprint density at radius 2 is 1.78 bits per heavy atom. The average molecular weight is 258 g/mol. The molecule has 0 saturated carbocycles. The molecule has 0 atom stereocenters. The van der Waals surface area contributed by atoms with Crippen molar-refractivity contribution in [2.24, 2.45) is 0 Å². The number of hydrogen-bond donors (Lipinski definition) is 1. The Morgan fingerprint density at radius 1 is 1.11 bits per heavy atom. The molecule has 0 spiro atoms. The molecule has 1 heterocycles. The molecule has 0 bridgehead atoms.